The minimum absolute atomic E-state index is 0.0543. The number of rotatable bonds is 4. The second-order valence-electron chi connectivity index (χ2n) is 4.38. The number of nitrogens with one attached hydrogen (secondary N) is 1. The lowest BCUT2D eigenvalue weighted by Crippen LogP contribution is -2.43. The van der Waals surface area contributed by atoms with Crippen LogP contribution in [0.3, 0.4) is 0 Å². The van der Waals surface area contributed by atoms with Crippen molar-refractivity contribution < 1.29 is 4.79 Å². The fourth-order valence-corrected chi connectivity index (χ4v) is 1.54. The Bertz CT molecular complexity index is 150. The zero-order valence-electron chi connectivity index (χ0n) is 8.90. The van der Waals surface area contributed by atoms with Gasteiger partial charge in [0.15, 0.2) is 0 Å². The standard InChI is InChI=1S/C10H21NO/c1-6-9(12)11-10(4,5)7-8(2)3/h8H,6-7H2,1-5H3,(H,11,12). The quantitative estimate of drug-likeness (QED) is 0.691. The molecule has 0 rings (SSSR count). The highest BCUT2D eigenvalue weighted by molar-refractivity contribution is 5.76. The van der Waals surface area contributed by atoms with E-state index in [1.165, 1.54) is 0 Å². The van der Waals surface area contributed by atoms with Gasteiger partial charge in [-0.05, 0) is 26.2 Å². The van der Waals surface area contributed by atoms with Gasteiger partial charge < -0.3 is 5.32 Å². The maximum atomic E-state index is 11.1. The summed E-state index contributed by atoms with van der Waals surface area (Å²) in [5.74, 6) is 0.762. The van der Waals surface area contributed by atoms with Crippen LogP contribution in [-0.4, -0.2) is 11.4 Å². The van der Waals surface area contributed by atoms with Crippen molar-refractivity contribution in [3.63, 3.8) is 0 Å². The molecule has 0 heterocycles. The summed E-state index contributed by atoms with van der Waals surface area (Å²) in [6.07, 6.45) is 1.60. The highest BCUT2D eigenvalue weighted by Gasteiger charge is 2.20. The second-order valence-corrected chi connectivity index (χ2v) is 4.38. The summed E-state index contributed by atoms with van der Waals surface area (Å²) >= 11 is 0. The van der Waals surface area contributed by atoms with Crippen LogP contribution < -0.4 is 5.32 Å². The Morgan fingerprint density at radius 1 is 1.42 bits per heavy atom. The molecule has 0 atom stereocenters. The Kier molecular flexibility index (Phi) is 4.29. The highest BCUT2D eigenvalue weighted by Crippen LogP contribution is 2.15. The van der Waals surface area contributed by atoms with Crippen LogP contribution in [0.2, 0.25) is 0 Å². The average Bonchev–Trinajstić information content (AvgIpc) is 1.83. The summed E-state index contributed by atoms with van der Waals surface area (Å²) in [6.45, 7) is 10.3. The summed E-state index contributed by atoms with van der Waals surface area (Å²) < 4.78 is 0. The van der Waals surface area contributed by atoms with Crippen LogP contribution in [0, 0.1) is 5.92 Å². The maximum absolute atomic E-state index is 11.1. The molecular formula is C10H21NO. The first kappa shape index (κ1) is 11.5. The van der Waals surface area contributed by atoms with Gasteiger partial charge in [0.05, 0.1) is 0 Å². The van der Waals surface area contributed by atoms with Crippen LogP contribution in [0.1, 0.15) is 47.5 Å². The molecule has 72 valence electrons. The molecule has 0 aliphatic heterocycles. The van der Waals surface area contributed by atoms with E-state index in [2.05, 4.69) is 33.0 Å². The van der Waals surface area contributed by atoms with Crippen LogP contribution in [0.5, 0.6) is 0 Å². The van der Waals surface area contributed by atoms with Gasteiger partial charge in [-0.15, -0.1) is 0 Å². The van der Waals surface area contributed by atoms with Crippen LogP contribution in [0.4, 0.5) is 0 Å². The lowest BCUT2D eigenvalue weighted by atomic mass is 9.92. The Labute approximate surface area is 75.7 Å². The smallest absolute Gasteiger partial charge is 0.220 e. The number of hydrogen-bond acceptors (Lipinski definition) is 1. The van der Waals surface area contributed by atoms with Gasteiger partial charge in [0.1, 0.15) is 0 Å². The molecule has 0 saturated heterocycles. The minimum Gasteiger partial charge on any atom is -0.351 e. The molecule has 0 aliphatic rings. The van der Waals surface area contributed by atoms with E-state index < -0.39 is 0 Å². The zero-order valence-corrected chi connectivity index (χ0v) is 8.90. The maximum Gasteiger partial charge on any atom is 0.220 e. The van der Waals surface area contributed by atoms with E-state index in [0.717, 1.165) is 6.42 Å². The molecule has 1 amide bonds. The predicted molar refractivity (Wildman–Crippen MR) is 52.0 cm³/mol. The lowest BCUT2D eigenvalue weighted by Gasteiger charge is -2.27. The normalized spacial score (nSPS) is 11.8. The topological polar surface area (TPSA) is 29.1 Å². The van der Waals surface area contributed by atoms with Crippen molar-refractivity contribution in [2.45, 2.75) is 53.0 Å². The molecule has 0 fully saturated rings. The summed E-state index contributed by atoms with van der Waals surface area (Å²) in [6, 6.07) is 0. The van der Waals surface area contributed by atoms with E-state index in [0.29, 0.717) is 12.3 Å². The molecule has 0 aliphatic carbocycles. The third-order valence-electron chi connectivity index (χ3n) is 1.72. The molecule has 0 spiro atoms. The molecule has 0 bridgehead atoms. The Morgan fingerprint density at radius 3 is 2.25 bits per heavy atom. The fraction of sp³-hybridized carbons (Fsp3) is 0.900. The van der Waals surface area contributed by atoms with Gasteiger partial charge >= 0.3 is 0 Å². The first-order valence-corrected chi connectivity index (χ1v) is 4.68. The van der Waals surface area contributed by atoms with Crippen LogP contribution in [-0.2, 0) is 4.79 Å². The van der Waals surface area contributed by atoms with Crippen molar-refractivity contribution in [2.75, 3.05) is 0 Å². The Balaban J connectivity index is 3.94. The van der Waals surface area contributed by atoms with E-state index >= 15 is 0 Å². The number of carbonyl (C=O) groups is 1. The van der Waals surface area contributed by atoms with Crippen LogP contribution in [0.15, 0.2) is 0 Å². The van der Waals surface area contributed by atoms with Gasteiger partial charge in [-0.3, -0.25) is 4.79 Å². The van der Waals surface area contributed by atoms with E-state index in [1.807, 2.05) is 6.92 Å². The van der Waals surface area contributed by atoms with Crippen molar-refractivity contribution in [1.29, 1.82) is 0 Å². The van der Waals surface area contributed by atoms with E-state index in [-0.39, 0.29) is 11.4 Å². The third-order valence-corrected chi connectivity index (χ3v) is 1.72. The van der Waals surface area contributed by atoms with Gasteiger partial charge in [-0.1, -0.05) is 20.8 Å². The molecule has 0 radical (unpaired) electrons. The first-order chi connectivity index (χ1) is 5.37. The molecule has 12 heavy (non-hydrogen) atoms. The summed E-state index contributed by atoms with van der Waals surface area (Å²) in [5.41, 5.74) is -0.0543. The molecule has 2 heteroatoms. The Morgan fingerprint density at radius 2 is 1.92 bits per heavy atom. The van der Waals surface area contributed by atoms with Crippen molar-refractivity contribution in [1.82, 2.24) is 5.32 Å². The number of carbonyl (C=O) groups excluding carboxylic acids is 1. The first-order valence-electron chi connectivity index (χ1n) is 4.68. The number of hydrogen-bond donors (Lipinski definition) is 1. The highest BCUT2D eigenvalue weighted by atomic mass is 16.1. The SMILES string of the molecule is CCC(=O)NC(C)(C)CC(C)C. The van der Waals surface area contributed by atoms with Crippen molar-refractivity contribution in [2.24, 2.45) is 5.92 Å². The molecule has 2 nitrogen and oxygen atoms in total. The van der Waals surface area contributed by atoms with Crippen molar-refractivity contribution in [3.8, 4) is 0 Å². The average molecular weight is 171 g/mol. The Hall–Kier alpha value is -0.530. The summed E-state index contributed by atoms with van der Waals surface area (Å²) in [5, 5.41) is 3.00. The predicted octanol–water partition coefficient (Wildman–Crippen LogP) is 2.34. The van der Waals surface area contributed by atoms with E-state index in [1.54, 1.807) is 0 Å². The van der Waals surface area contributed by atoms with E-state index in [9.17, 15) is 4.79 Å². The summed E-state index contributed by atoms with van der Waals surface area (Å²) in [7, 11) is 0. The van der Waals surface area contributed by atoms with E-state index in [4.69, 9.17) is 0 Å². The molecule has 0 saturated carbocycles. The molecule has 0 aromatic heterocycles. The number of amides is 1. The van der Waals surface area contributed by atoms with Gasteiger partial charge in [-0.2, -0.15) is 0 Å². The van der Waals surface area contributed by atoms with Gasteiger partial charge in [-0.25, -0.2) is 0 Å². The molecule has 0 aromatic rings. The largest absolute Gasteiger partial charge is 0.351 e. The lowest BCUT2D eigenvalue weighted by molar-refractivity contribution is -0.122. The molecular weight excluding hydrogens is 150 g/mol. The fourth-order valence-electron chi connectivity index (χ4n) is 1.54. The van der Waals surface area contributed by atoms with Crippen molar-refractivity contribution in [3.05, 3.63) is 0 Å². The summed E-state index contributed by atoms with van der Waals surface area (Å²) in [4.78, 5) is 11.1. The third kappa shape index (κ3) is 5.16. The molecule has 0 unspecified atom stereocenters. The monoisotopic (exact) mass is 171 g/mol. The van der Waals surface area contributed by atoms with Gasteiger partial charge in [0.25, 0.3) is 0 Å². The molecule has 1 N–H and O–H groups in total. The zero-order chi connectivity index (χ0) is 9.78. The second kappa shape index (κ2) is 4.48. The van der Waals surface area contributed by atoms with Gasteiger partial charge in [0, 0.05) is 12.0 Å². The van der Waals surface area contributed by atoms with Crippen LogP contribution >= 0.6 is 0 Å². The minimum atomic E-state index is -0.0543. The van der Waals surface area contributed by atoms with Gasteiger partial charge in [0.2, 0.25) is 5.91 Å². The molecule has 0 aromatic carbocycles. The van der Waals surface area contributed by atoms with Crippen molar-refractivity contribution >= 4 is 5.91 Å². The van der Waals surface area contributed by atoms with Crippen LogP contribution in [0.25, 0.3) is 0 Å².